The van der Waals surface area contributed by atoms with Crippen molar-refractivity contribution in [1.29, 1.82) is 5.26 Å². The number of halogens is 1. The topological polar surface area (TPSA) is 49.8 Å². The molecule has 90 valence electrons. The van der Waals surface area contributed by atoms with Crippen molar-refractivity contribution in [2.75, 3.05) is 5.73 Å². The zero-order valence-electron chi connectivity index (χ0n) is 10.1. The first-order chi connectivity index (χ1) is 8.61. The number of rotatable bonds is 2. The molecule has 18 heavy (non-hydrogen) atoms. The van der Waals surface area contributed by atoms with Gasteiger partial charge in [-0.1, -0.05) is 35.9 Å². The maximum Gasteiger partial charge on any atom is 0.0994 e. The van der Waals surface area contributed by atoms with Gasteiger partial charge in [0.1, 0.15) is 0 Å². The van der Waals surface area contributed by atoms with Crippen molar-refractivity contribution < 1.29 is 0 Å². The molecular formula is C15H13ClN2. The SMILES string of the molecule is Cc1cc(N)c(Cl)c(Cc2ccccc2C#N)c1. The molecule has 2 aromatic rings. The Balaban J connectivity index is 2.44. The Morgan fingerprint density at radius 2 is 1.94 bits per heavy atom. The van der Waals surface area contributed by atoms with E-state index in [1.54, 1.807) is 0 Å². The number of nitrogens with two attached hydrogens (primary N) is 1. The summed E-state index contributed by atoms with van der Waals surface area (Å²) < 4.78 is 0. The van der Waals surface area contributed by atoms with Crippen molar-refractivity contribution in [2.45, 2.75) is 13.3 Å². The van der Waals surface area contributed by atoms with E-state index in [1.807, 2.05) is 43.3 Å². The fraction of sp³-hybridized carbons (Fsp3) is 0.133. The van der Waals surface area contributed by atoms with Gasteiger partial charge in [0, 0.05) is 6.42 Å². The third-order valence-corrected chi connectivity index (χ3v) is 3.30. The summed E-state index contributed by atoms with van der Waals surface area (Å²) in [5.41, 5.74) is 10.1. The van der Waals surface area contributed by atoms with Crippen LogP contribution in [0.3, 0.4) is 0 Å². The Morgan fingerprint density at radius 3 is 2.67 bits per heavy atom. The lowest BCUT2D eigenvalue weighted by molar-refractivity contribution is 1.17. The molecule has 2 aromatic carbocycles. The summed E-state index contributed by atoms with van der Waals surface area (Å²) in [5.74, 6) is 0. The third-order valence-electron chi connectivity index (χ3n) is 2.84. The van der Waals surface area contributed by atoms with Crippen LogP contribution < -0.4 is 5.73 Å². The van der Waals surface area contributed by atoms with Gasteiger partial charge in [-0.25, -0.2) is 0 Å². The molecule has 0 fully saturated rings. The minimum Gasteiger partial charge on any atom is -0.398 e. The van der Waals surface area contributed by atoms with E-state index in [1.165, 1.54) is 0 Å². The van der Waals surface area contributed by atoms with E-state index in [9.17, 15) is 0 Å². The number of nitriles is 1. The van der Waals surface area contributed by atoms with Crippen molar-refractivity contribution in [3.63, 3.8) is 0 Å². The molecule has 0 saturated heterocycles. The molecule has 0 aliphatic rings. The predicted molar refractivity (Wildman–Crippen MR) is 74.6 cm³/mol. The Hall–Kier alpha value is -1.98. The van der Waals surface area contributed by atoms with Gasteiger partial charge in [-0.05, 0) is 35.7 Å². The van der Waals surface area contributed by atoms with Gasteiger partial charge in [-0.2, -0.15) is 5.26 Å². The summed E-state index contributed by atoms with van der Waals surface area (Å²) in [4.78, 5) is 0. The number of nitrogens with zero attached hydrogens (tertiary/aromatic N) is 1. The lowest BCUT2D eigenvalue weighted by atomic mass is 9.99. The van der Waals surface area contributed by atoms with Crippen LogP contribution in [0.5, 0.6) is 0 Å². The van der Waals surface area contributed by atoms with Gasteiger partial charge in [-0.3, -0.25) is 0 Å². The second-order valence-electron chi connectivity index (χ2n) is 4.27. The van der Waals surface area contributed by atoms with Crippen molar-refractivity contribution in [3.05, 3.63) is 63.7 Å². The van der Waals surface area contributed by atoms with E-state index in [0.717, 1.165) is 16.7 Å². The maximum atomic E-state index is 9.07. The molecule has 0 aliphatic carbocycles. The monoisotopic (exact) mass is 256 g/mol. The van der Waals surface area contributed by atoms with Gasteiger partial charge >= 0.3 is 0 Å². The zero-order chi connectivity index (χ0) is 13.1. The first-order valence-electron chi connectivity index (χ1n) is 5.64. The van der Waals surface area contributed by atoms with Crippen molar-refractivity contribution in [2.24, 2.45) is 0 Å². The minimum absolute atomic E-state index is 0.577. The number of hydrogen-bond acceptors (Lipinski definition) is 2. The smallest absolute Gasteiger partial charge is 0.0994 e. The van der Waals surface area contributed by atoms with Crippen molar-refractivity contribution >= 4 is 17.3 Å². The quantitative estimate of drug-likeness (QED) is 0.833. The third kappa shape index (κ3) is 2.47. The van der Waals surface area contributed by atoms with Crippen molar-refractivity contribution in [3.8, 4) is 6.07 Å². The fourth-order valence-electron chi connectivity index (χ4n) is 1.99. The first-order valence-corrected chi connectivity index (χ1v) is 6.02. The van der Waals surface area contributed by atoms with Crippen LogP contribution in [0.2, 0.25) is 5.02 Å². The van der Waals surface area contributed by atoms with Crippen LogP contribution in [-0.2, 0) is 6.42 Å². The van der Waals surface area contributed by atoms with E-state index < -0.39 is 0 Å². The fourth-order valence-corrected chi connectivity index (χ4v) is 2.17. The molecule has 0 spiro atoms. The molecule has 0 amide bonds. The van der Waals surface area contributed by atoms with Crippen LogP contribution in [-0.4, -0.2) is 0 Å². The lowest BCUT2D eigenvalue weighted by Gasteiger charge is -2.09. The van der Waals surface area contributed by atoms with E-state index >= 15 is 0 Å². The number of hydrogen-bond donors (Lipinski definition) is 1. The average molecular weight is 257 g/mol. The molecule has 0 radical (unpaired) electrons. The zero-order valence-corrected chi connectivity index (χ0v) is 10.8. The van der Waals surface area contributed by atoms with E-state index in [0.29, 0.717) is 22.7 Å². The van der Waals surface area contributed by atoms with E-state index in [-0.39, 0.29) is 0 Å². The average Bonchev–Trinajstić information content (AvgIpc) is 2.36. The molecule has 0 saturated carbocycles. The van der Waals surface area contributed by atoms with Crippen LogP contribution in [0.1, 0.15) is 22.3 Å². The van der Waals surface area contributed by atoms with Gasteiger partial charge < -0.3 is 5.73 Å². The maximum absolute atomic E-state index is 9.07. The molecule has 0 aromatic heterocycles. The highest BCUT2D eigenvalue weighted by Crippen LogP contribution is 2.27. The summed E-state index contributed by atoms with van der Waals surface area (Å²) >= 11 is 6.20. The molecule has 0 unspecified atom stereocenters. The van der Waals surface area contributed by atoms with Gasteiger partial charge in [0.2, 0.25) is 0 Å². The Morgan fingerprint density at radius 1 is 1.22 bits per heavy atom. The summed E-state index contributed by atoms with van der Waals surface area (Å²) in [6.45, 7) is 1.98. The van der Waals surface area contributed by atoms with Crippen LogP contribution in [0.15, 0.2) is 36.4 Å². The summed E-state index contributed by atoms with van der Waals surface area (Å²) in [6.07, 6.45) is 0.619. The normalized spacial score (nSPS) is 10.1. The number of anilines is 1. The van der Waals surface area contributed by atoms with E-state index in [4.69, 9.17) is 22.6 Å². The molecule has 2 nitrogen and oxygen atoms in total. The van der Waals surface area contributed by atoms with Crippen LogP contribution in [0.4, 0.5) is 5.69 Å². The Bertz CT molecular complexity index is 627. The Labute approximate surface area is 112 Å². The van der Waals surface area contributed by atoms with Gasteiger partial charge in [-0.15, -0.1) is 0 Å². The molecule has 0 atom stereocenters. The molecule has 2 rings (SSSR count). The standard InChI is InChI=1S/C15H13ClN2/c1-10-6-13(15(16)14(18)7-10)8-11-4-2-3-5-12(11)9-17/h2-7H,8,18H2,1H3. The molecular weight excluding hydrogens is 244 g/mol. The van der Waals surface area contributed by atoms with Crippen LogP contribution in [0, 0.1) is 18.3 Å². The predicted octanol–water partition coefficient (Wildman–Crippen LogP) is 3.69. The Kier molecular flexibility index (Phi) is 3.55. The minimum atomic E-state index is 0.577. The number of aryl methyl sites for hydroxylation is 1. The highest BCUT2D eigenvalue weighted by molar-refractivity contribution is 6.33. The molecule has 0 aliphatic heterocycles. The van der Waals surface area contributed by atoms with Gasteiger partial charge in [0.15, 0.2) is 0 Å². The highest BCUT2D eigenvalue weighted by Gasteiger charge is 2.08. The lowest BCUT2D eigenvalue weighted by Crippen LogP contribution is -1.97. The second kappa shape index (κ2) is 5.12. The molecule has 3 heteroatoms. The van der Waals surface area contributed by atoms with Crippen LogP contribution >= 0.6 is 11.6 Å². The largest absolute Gasteiger partial charge is 0.398 e. The number of benzene rings is 2. The highest BCUT2D eigenvalue weighted by atomic mass is 35.5. The van der Waals surface area contributed by atoms with Gasteiger partial charge in [0.05, 0.1) is 22.3 Å². The molecule has 0 bridgehead atoms. The van der Waals surface area contributed by atoms with E-state index in [2.05, 4.69) is 6.07 Å². The van der Waals surface area contributed by atoms with Crippen LogP contribution in [0.25, 0.3) is 0 Å². The second-order valence-corrected chi connectivity index (χ2v) is 4.65. The van der Waals surface area contributed by atoms with Crippen molar-refractivity contribution in [1.82, 2.24) is 0 Å². The summed E-state index contributed by atoms with van der Waals surface area (Å²) in [5, 5.41) is 9.64. The molecule has 2 N–H and O–H groups in total. The van der Waals surface area contributed by atoms with Gasteiger partial charge in [0.25, 0.3) is 0 Å². The molecule has 0 heterocycles. The number of nitrogen functional groups attached to an aromatic ring is 1. The summed E-state index contributed by atoms with van der Waals surface area (Å²) in [7, 11) is 0. The first kappa shape index (κ1) is 12.5. The summed E-state index contributed by atoms with van der Waals surface area (Å²) in [6, 6.07) is 13.6.